The Morgan fingerprint density at radius 1 is 1.26 bits per heavy atom. The van der Waals surface area contributed by atoms with E-state index in [1.807, 2.05) is 4.90 Å². The van der Waals surface area contributed by atoms with E-state index in [0.717, 1.165) is 30.2 Å². The Morgan fingerprint density at radius 3 is 2.44 bits per heavy atom. The average Bonchev–Trinajstić information content (AvgIpc) is 3.30. The molecule has 10 heteroatoms. The Kier molecular flexibility index (Phi) is 5.16. The number of nitrogens with one attached hydrogen (secondary N) is 2. The molecule has 0 radical (unpaired) electrons. The van der Waals surface area contributed by atoms with Crippen LogP contribution in [0.3, 0.4) is 0 Å². The van der Waals surface area contributed by atoms with Crippen LogP contribution in [-0.4, -0.2) is 56.0 Å². The summed E-state index contributed by atoms with van der Waals surface area (Å²) in [5.41, 5.74) is 0.561. The largest absolute Gasteiger partial charge is 0.354 e. The molecular weight excluding hydrogens is 368 g/mol. The van der Waals surface area contributed by atoms with Gasteiger partial charge in [-0.1, -0.05) is 0 Å². The van der Waals surface area contributed by atoms with Gasteiger partial charge in [-0.2, -0.15) is 10.4 Å². The summed E-state index contributed by atoms with van der Waals surface area (Å²) in [5.74, 6) is 0.309. The third-order valence-corrected chi connectivity index (χ3v) is 6.23. The lowest BCUT2D eigenvalue weighted by atomic mass is 10.2. The summed E-state index contributed by atoms with van der Waals surface area (Å²) >= 11 is 0. The number of nitriles is 1. The second kappa shape index (κ2) is 7.38. The molecule has 3 rings (SSSR count). The van der Waals surface area contributed by atoms with Gasteiger partial charge < -0.3 is 10.2 Å². The SMILES string of the molecule is CN(C)S(=O)(=O)c1ccc(C(=O)Nc2[nH]nc(N3CCCC3)c2C#N)cc1. The van der Waals surface area contributed by atoms with Gasteiger partial charge in [-0.15, -0.1) is 0 Å². The molecule has 2 heterocycles. The molecule has 2 N–H and O–H groups in total. The fraction of sp³-hybridized carbons (Fsp3) is 0.353. The van der Waals surface area contributed by atoms with E-state index in [0.29, 0.717) is 5.82 Å². The second-order valence-electron chi connectivity index (χ2n) is 6.37. The first-order chi connectivity index (χ1) is 12.8. The number of carbonyl (C=O) groups excluding carboxylic acids is 1. The van der Waals surface area contributed by atoms with E-state index in [9.17, 15) is 18.5 Å². The summed E-state index contributed by atoms with van der Waals surface area (Å²) in [5, 5.41) is 19.0. The van der Waals surface area contributed by atoms with E-state index < -0.39 is 15.9 Å². The summed E-state index contributed by atoms with van der Waals surface area (Å²) in [6.45, 7) is 1.66. The Bertz CT molecular complexity index is 983. The minimum absolute atomic E-state index is 0.0969. The lowest BCUT2D eigenvalue weighted by Gasteiger charge is -2.13. The minimum Gasteiger partial charge on any atom is -0.354 e. The molecule has 1 saturated heterocycles. The van der Waals surface area contributed by atoms with Crippen molar-refractivity contribution in [3.8, 4) is 6.07 Å². The molecule has 1 aliphatic rings. The average molecular weight is 388 g/mol. The number of nitrogens with zero attached hydrogens (tertiary/aromatic N) is 4. The summed E-state index contributed by atoms with van der Waals surface area (Å²) in [6.07, 6.45) is 2.09. The topological polar surface area (TPSA) is 122 Å². The summed E-state index contributed by atoms with van der Waals surface area (Å²) in [7, 11) is -0.678. The molecule has 2 aromatic rings. The molecule has 1 aromatic carbocycles. The van der Waals surface area contributed by atoms with Crippen LogP contribution in [0.2, 0.25) is 0 Å². The molecule has 142 valence electrons. The molecule has 1 aliphatic heterocycles. The van der Waals surface area contributed by atoms with Crippen molar-refractivity contribution < 1.29 is 13.2 Å². The maximum Gasteiger partial charge on any atom is 0.256 e. The zero-order chi connectivity index (χ0) is 19.6. The van der Waals surface area contributed by atoms with E-state index in [4.69, 9.17) is 0 Å². The number of aromatic nitrogens is 2. The number of rotatable bonds is 5. The van der Waals surface area contributed by atoms with E-state index in [1.54, 1.807) is 0 Å². The van der Waals surface area contributed by atoms with Crippen molar-refractivity contribution >= 4 is 27.6 Å². The molecule has 0 spiro atoms. The highest BCUT2D eigenvalue weighted by Gasteiger charge is 2.23. The number of benzene rings is 1. The van der Waals surface area contributed by atoms with Crippen LogP contribution in [0.4, 0.5) is 11.6 Å². The van der Waals surface area contributed by atoms with Gasteiger partial charge in [0.25, 0.3) is 5.91 Å². The van der Waals surface area contributed by atoms with Gasteiger partial charge >= 0.3 is 0 Å². The molecule has 0 unspecified atom stereocenters. The van der Waals surface area contributed by atoms with Crippen molar-refractivity contribution in [3.05, 3.63) is 35.4 Å². The van der Waals surface area contributed by atoms with Gasteiger partial charge in [-0.05, 0) is 37.1 Å². The molecule has 0 saturated carbocycles. The molecule has 9 nitrogen and oxygen atoms in total. The van der Waals surface area contributed by atoms with E-state index in [1.165, 1.54) is 38.4 Å². The zero-order valence-electron chi connectivity index (χ0n) is 15.1. The maximum absolute atomic E-state index is 12.5. The molecule has 0 atom stereocenters. The first-order valence-electron chi connectivity index (χ1n) is 8.42. The third kappa shape index (κ3) is 3.65. The van der Waals surface area contributed by atoms with E-state index in [2.05, 4.69) is 21.6 Å². The van der Waals surface area contributed by atoms with Crippen LogP contribution >= 0.6 is 0 Å². The van der Waals surface area contributed by atoms with Gasteiger partial charge in [0.2, 0.25) is 10.0 Å². The minimum atomic E-state index is -3.56. The van der Waals surface area contributed by atoms with Crippen LogP contribution in [0.15, 0.2) is 29.2 Å². The number of aromatic amines is 1. The lowest BCUT2D eigenvalue weighted by Crippen LogP contribution is -2.22. The van der Waals surface area contributed by atoms with Gasteiger partial charge in [0, 0.05) is 32.7 Å². The van der Waals surface area contributed by atoms with Gasteiger partial charge in [-0.25, -0.2) is 12.7 Å². The number of carbonyl (C=O) groups is 1. The molecule has 1 fully saturated rings. The summed E-state index contributed by atoms with van der Waals surface area (Å²) in [6, 6.07) is 7.68. The van der Waals surface area contributed by atoms with Crippen molar-refractivity contribution in [2.75, 3.05) is 37.4 Å². The molecule has 27 heavy (non-hydrogen) atoms. The number of H-pyrrole nitrogens is 1. The standard InChI is InChI=1S/C17H20N6O3S/c1-22(2)27(25,26)13-7-5-12(6-8-13)17(24)19-15-14(11-18)16(21-20-15)23-9-3-4-10-23/h5-8H,3-4,9-10H2,1-2H3,(H2,19,20,21,24). The van der Waals surface area contributed by atoms with Crippen LogP contribution in [0.25, 0.3) is 0 Å². The number of hydrogen-bond acceptors (Lipinski definition) is 6. The van der Waals surface area contributed by atoms with Crippen molar-refractivity contribution in [3.63, 3.8) is 0 Å². The second-order valence-corrected chi connectivity index (χ2v) is 8.52. The molecular formula is C17H20N6O3S. The first-order valence-corrected chi connectivity index (χ1v) is 9.86. The molecule has 1 aromatic heterocycles. The first kappa shape index (κ1) is 18.9. The van der Waals surface area contributed by atoms with Crippen molar-refractivity contribution in [1.29, 1.82) is 5.26 Å². The Labute approximate surface area is 157 Å². The van der Waals surface area contributed by atoms with Crippen LogP contribution in [0.1, 0.15) is 28.8 Å². The van der Waals surface area contributed by atoms with E-state index >= 15 is 0 Å². The van der Waals surface area contributed by atoms with Gasteiger partial charge in [0.15, 0.2) is 5.82 Å². The highest BCUT2D eigenvalue weighted by molar-refractivity contribution is 7.89. The van der Waals surface area contributed by atoms with Crippen LogP contribution in [0, 0.1) is 11.3 Å². The summed E-state index contributed by atoms with van der Waals surface area (Å²) < 4.78 is 25.3. The quantitative estimate of drug-likeness (QED) is 0.798. The number of amides is 1. The van der Waals surface area contributed by atoms with Crippen LogP contribution in [0.5, 0.6) is 0 Å². The number of anilines is 2. The van der Waals surface area contributed by atoms with E-state index in [-0.39, 0.29) is 21.8 Å². The smallest absolute Gasteiger partial charge is 0.256 e. The van der Waals surface area contributed by atoms with Gasteiger partial charge in [-0.3, -0.25) is 9.89 Å². The maximum atomic E-state index is 12.5. The molecule has 0 aliphatic carbocycles. The molecule has 0 bridgehead atoms. The Hall–Kier alpha value is -2.90. The van der Waals surface area contributed by atoms with Gasteiger partial charge in [0.05, 0.1) is 4.90 Å². The highest BCUT2D eigenvalue weighted by atomic mass is 32.2. The number of sulfonamides is 1. The lowest BCUT2D eigenvalue weighted by molar-refractivity contribution is 0.102. The van der Waals surface area contributed by atoms with Crippen molar-refractivity contribution in [2.45, 2.75) is 17.7 Å². The van der Waals surface area contributed by atoms with Gasteiger partial charge in [0.1, 0.15) is 17.5 Å². The third-order valence-electron chi connectivity index (χ3n) is 4.40. The zero-order valence-corrected chi connectivity index (χ0v) is 15.9. The van der Waals surface area contributed by atoms with Crippen LogP contribution < -0.4 is 10.2 Å². The fourth-order valence-electron chi connectivity index (χ4n) is 2.86. The highest BCUT2D eigenvalue weighted by Crippen LogP contribution is 2.27. The van der Waals surface area contributed by atoms with Crippen molar-refractivity contribution in [1.82, 2.24) is 14.5 Å². The predicted molar refractivity (Wildman–Crippen MR) is 100 cm³/mol. The Balaban J connectivity index is 1.79. The Morgan fingerprint density at radius 2 is 1.89 bits per heavy atom. The summed E-state index contributed by atoms with van der Waals surface area (Å²) in [4.78, 5) is 14.6. The predicted octanol–water partition coefficient (Wildman–Crippen LogP) is 1.38. The monoisotopic (exact) mass is 388 g/mol. The molecule has 1 amide bonds. The normalized spacial score (nSPS) is 14.4. The fourth-order valence-corrected chi connectivity index (χ4v) is 3.76. The van der Waals surface area contributed by atoms with Crippen molar-refractivity contribution in [2.24, 2.45) is 0 Å². The van der Waals surface area contributed by atoms with Crippen LogP contribution in [-0.2, 0) is 10.0 Å². The number of hydrogen-bond donors (Lipinski definition) is 2.